The molecule has 1 saturated heterocycles. The van der Waals surface area contributed by atoms with Crippen molar-refractivity contribution >= 4 is 5.96 Å². The van der Waals surface area contributed by atoms with Crippen molar-refractivity contribution in [2.45, 2.75) is 19.8 Å². The van der Waals surface area contributed by atoms with Gasteiger partial charge in [0.25, 0.3) is 0 Å². The molecule has 4 nitrogen and oxygen atoms in total. The van der Waals surface area contributed by atoms with Crippen LogP contribution in [0.3, 0.4) is 0 Å². The Labute approximate surface area is 92.9 Å². The molecule has 0 aliphatic carbocycles. The number of rotatable bonds is 5. The second-order valence-electron chi connectivity index (χ2n) is 3.99. The summed E-state index contributed by atoms with van der Waals surface area (Å²) in [6.45, 7) is 6.69. The minimum Gasteiger partial charge on any atom is -0.380 e. The highest BCUT2D eigenvalue weighted by atomic mass is 16.5. The summed E-state index contributed by atoms with van der Waals surface area (Å²) in [6.07, 6.45) is 2.30. The zero-order valence-electron chi connectivity index (χ0n) is 10.2. The number of hydrogen-bond acceptors (Lipinski definition) is 2. The molecule has 15 heavy (non-hydrogen) atoms. The lowest BCUT2D eigenvalue weighted by Crippen LogP contribution is -2.46. The third kappa shape index (κ3) is 4.08. The molecule has 4 heteroatoms. The molecule has 0 atom stereocenters. The van der Waals surface area contributed by atoms with Crippen LogP contribution in [0.5, 0.6) is 0 Å². The Balaban J connectivity index is 2.29. The fourth-order valence-corrected chi connectivity index (χ4v) is 1.73. The van der Waals surface area contributed by atoms with E-state index in [0.29, 0.717) is 0 Å². The van der Waals surface area contributed by atoms with Crippen LogP contribution in [0.4, 0.5) is 0 Å². The first-order chi connectivity index (χ1) is 7.25. The van der Waals surface area contributed by atoms with Crippen LogP contribution in [0.15, 0.2) is 4.99 Å². The summed E-state index contributed by atoms with van der Waals surface area (Å²) in [5, 5.41) is 0. The van der Waals surface area contributed by atoms with Gasteiger partial charge in [-0.15, -0.1) is 0 Å². The van der Waals surface area contributed by atoms with E-state index < -0.39 is 0 Å². The smallest absolute Gasteiger partial charge is 0.196 e. The number of guanidine groups is 1. The van der Waals surface area contributed by atoms with Gasteiger partial charge in [-0.3, -0.25) is 4.99 Å². The molecule has 1 aliphatic heterocycles. The van der Waals surface area contributed by atoms with Gasteiger partial charge in [0.05, 0.1) is 13.2 Å². The molecular weight excluding hydrogens is 190 g/mol. The average Bonchev–Trinajstić information content (AvgIpc) is 2.21. The first-order valence-electron chi connectivity index (χ1n) is 5.80. The first-order valence-corrected chi connectivity index (χ1v) is 5.80. The van der Waals surface area contributed by atoms with Gasteiger partial charge in [-0.05, 0) is 12.8 Å². The van der Waals surface area contributed by atoms with E-state index in [0.717, 1.165) is 45.2 Å². The van der Waals surface area contributed by atoms with Crippen LogP contribution in [0.25, 0.3) is 0 Å². The number of ether oxygens (including phenoxy) is 1. The van der Waals surface area contributed by atoms with Crippen LogP contribution in [-0.2, 0) is 4.74 Å². The highest BCUT2D eigenvalue weighted by Gasteiger charge is 2.16. The Kier molecular flexibility index (Phi) is 5.47. The van der Waals surface area contributed by atoms with Crippen LogP contribution in [-0.4, -0.2) is 62.7 Å². The number of aliphatic imine (C=N–C) groups is 1. The van der Waals surface area contributed by atoms with E-state index in [4.69, 9.17) is 4.74 Å². The van der Waals surface area contributed by atoms with Gasteiger partial charge in [-0.2, -0.15) is 0 Å². The second kappa shape index (κ2) is 6.67. The maximum atomic E-state index is 5.40. The molecule has 0 saturated carbocycles. The minimum absolute atomic E-state index is 0.735. The van der Waals surface area contributed by atoms with E-state index in [1.807, 2.05) is 0 Å². The Morgan fingerprint density at radius 3 is 2.47 bits per heavy atom. The monoisotopic (exact) mass is 213 g/mol. The van der Waals surface area contributed by atoms with Crippen LogP contribution < -0.4 is 0 Å². The Bertz CT molecular complexity index is 194. The van der Waals surface area contributed by atoms with E-state index in [9.17, 15) is 0 Å². The lowest BCUT2D eigenvalue weighted by atomic mass is 10.3. The van der Waals surface area contributed by atoms with Crippen molar-refractivity contribution in [3.05, 3.63) is 0 Å². The molecule has 0 aromatic carbocycles. The van der Waals surface area contributed by atoms with Crippen molar-refractivity contribution in [1.29, 1.82) is 0 Å². The molecule has 0 spiro atoms. The summed E-state index contributed by atoms with van der Waals surface area (Å²) in [4.78, 5) is 8.98. The van der Waals surface area contributed by atoms with Gasteiger partial charge in [0.2, 0.25) is 0 Å². The van der Waals surface area contributed by atoms with Crippen LogP contribution in [0.1, 0.15) is 19.8 Å². The number of hydrogen-bond donors (Lipinski definition) is 0. The summed E-state index contributed by atoms with van der Waals surface area (Å²) in [6, 6.07) is 0. The molecule has 0 radical (unpaired) electrons. The largest absolute Gasteiger partial charge is 0.380 e. The molecule has 0 bridgehead atoms. The molecule has 0 aromatic heterocycles. The van der Waals surface area contributed by atoms with Crippen LogP contribution in [0.2, 0.25) is 0 Å². The predicted octanol–water partition coefficient (Wildman–Crippen LogP) is 1.04. The van der Waals surface area contributed by atoms with Gasteiger partial charge >= 0.3 is 0 Å². The fourth-order valence-electron chi connectivity index (χ4n) is 1.73. The van der Waals surface area contributed by atoms with Crippen molar-refractivity contribution in [2.75, 3.05) is 46.9 Å². The zero-order valence-corrected chi connectivity index (χ0v) is 10.2. The molecular formula is C11H23N3O. The lowest BCUT2D eigenvalue weighted by molar-refractivity contribution is 0.142. The third-order valence-electron chi connectivity index (χ3n) is 2.51. The van der Waals surface area contributed by atoms with Gasteiger partial charge in [-0.1, -0.05) is 6.92 Å². The Hall–Kier alpha value is -0.770. The fraction of sp³-hybridized carbons (Fsp3) is 0.909. The van der Waals surface area contributed by atoms with Gasteiger partial charge in [0.15, 0.2) is 5.96 Å². The third-order valence-corrected chi connectivity index (χ3v) is 2.51. The number of nitrogens with zero attached hydrogens (tertiary/aromatic N) is 3. The molecule has 0 amide bonds. The standard InChI is InChI=1S/C11H23N3O/c1-4-9-15-10-6-12-11-13(2)7-5-8-14(11)3/h4-10H2,1-3H3. The summed E-state index contributed by atoms with van der Waals surface area (Å²) < 4.78 is 5.40. The SMILES string of the molecule is CCCOCCN=C1N(C)CCCN1C. The van der Waals surface area contributed by atoms with E-state index in [1.54, 1.807) is 0 Å². The summed E-state index contributed by atoms with van der Waals surface area (Å²) >= 11 is 0. The lowest BCUT2D eigenvalue weighted by Gasteiger charge is -2.34. The minimum atomic E-state index is 0.735. The van der Waals surface area contributed by atoms with E-state index in [1.165, 1.54) is 6.42 Å². The van der Waals surface area contributed by atoms with Gasteiger partial charge in [0.1, 0.15) is 0 Å². The molecule has 0 aromatic rings. The van der Waals surface area contributed by atoms with Crippen molar-refractivity contribution in [2.24, 2.45) is 4.99 Å². The first kappa shape index (κ1) is 12.3. The van der Waals surface area contributed by atoms with Crippen molar-refractivity contribution in [1.82, 2.24) is 9.80 Å². The zero-order chi connectivity index (χ0) is 11.1. The predicted molar refractivity (Wildman–Crippen MR) is 63.3 cm³/mol. The van der Waals surface area contributed by atoms with Gasteiger partial charge in [-0.25, -0.2) is 0 Å². The van der Waals surface area contributed by atoms with E-state index in [-0.39, 0.29) is 0 Å². The van der Waals surface area contributed by atoms with Crippen LogP contribution in [0, 0.1) is 0 Å². The average molecular weight is 213 g/mol. The van der Waals surface area contributed by atoms with Crippen molar-refractivity contribution < 1.29 is 4.74 Å². The Morgan fingerprint density at radius 1 is 1.20 bits per heavy atom. The highest BCUT2D eigenvalue weighted by molar-refractivity contribution is 5.80. The van der Waals surface area contributed by atoms with Crippen molar-refractivity contribution in [3.63, 3.8) is 0 Å². The van der Waals surface area contributed by atoms with Gasteiger partial charge < -0.3 is 14.5 Å². The normalized spacial score (nSPS) is 17.1. The second-order valence-corrected chi connectivity index (χ2v) is 3.99. The summed E-state index contributed by atoms with van der Waals surface area (Å²) in [7, 11) is 4.20. The van der Waals surface area contributed by atoms with Crippen molar-refractivity contribution in [3.8, 4) is 0 Å². The summed E-state index contributed by atoms with van der Waals surface area (Å²) in [5.74, 6) is 1.10. The molecule has 88 valence electrons. The maximum Gasteiger partial charge on any atom is 0.196 e. The molecule has 1 aliphatic rings. The molecule has 1 fully saturated rings. The van der Waals surface area contributed by atoms with Gasteiger partial charge in [0, 0.05) is 33.8 Å². The topological polar surface area (TPSA) is 28.1 Å². The molecule has 0 N–H and O–H groups in total. The molecule has 1 rings (SSSR count). The molecule has 0 unspecified atom stereocenters. The maximum absolute atomic E-state index is 5.40. The van der Waals surface area contributed by atoms with E-state index in [2.05, 4.69) is 35.8 Å². The molecule has 1 heterocycles. The van der Waals surface area contributed by atoms with Crippen LogP contribution >= 0.6 is 0 Å². The Morgan fingerprint density at radius 2 is 1.87 bits per heavy atom. The highest BCUT2D eigenvalue weighted by Crippen LogP contribution is 2.04. The quantitative estimate of drug-likeness (QED) is 0.639. The summed E-state index contributed by atoms with van der Waals surface area (Å²) in [5.41, 5.74) is 0. The van der Waals surface area contributed by atoms with E-state index >= 15 is 0 Å².